The lowest BCUT2D eigenvalue weighted by Crippen LogP contribution is -2.20. The van der Waals surface area contributed by atoms with Crippen molar-refractivity contribution in [2.24, 2.45) is 11.1 Å². The van der Waals surface area contributed by atoms with E-state index in [2.05, 4.69) is 19.6 Å². The fraction of sp³-hybridized carbons (Fsp3) is 0.600. The van der Waals surface area contributed by atoms with Crippen LogP contribution in [0.15, 0.2) is 11.6 Å². The molecule has 0 aromatic heterocycles. The van der Waals surface area contributed by atoms with Crippen molar-refractivity contribution in [3.63, 3.8) is 0 Å². The summed E-state index contributed by atoms with van der Waals surface area (Å²) in [6, 6.07) is 0. The molecule has 1 rings (SSSR count). The fourth-order valence-electron chi connectivity index (χ4n) is 1.67. The Morgan fingerprint density at radius 1 is 1.50 bits per heavy atom. The van der Waals surface area contributed by atoms with E-state index in [0.29, 0.717) is 6.42 Å². The second kappa shape index (κ2) is 4.79. The number of allylic oxidation sites excluding steroid dienone is 2. The number of nitrogens with two attached hydrogens (primary N) is 1. The first-order valence-corrected chi connectivity index (χ1v) is 4.41. The van der Waals surface area contributed by atoms with Crippen molar-refractivity contribution >= 4 is 11.9 Å². The maximum atomic E-state index is 11.0. The van der Waals surface area contributed by atoms with Gasteiger partial charge in [-0.05, 0) is 24.8 Å². The van der Waals surface area contributed by atoms with Gasteiger partial charge in [0, 0.05) is 6.42 Å². The van der Waals surface area contributed by atoms with Crippen molar-refractivity contribution in [3.8, 4) is 0 Å². The van der Waals surface area contributed by atoms with Crippen molar-refractivity contribution in [3.05, 3.63) is 11.6 Å². The van der Waals surface area contributed by atoms with Crippen molar-refractivity contribution in [1.82, 2.24) is 0 Å². The highest BCUT2D eigenvalue weighted by molar-refractivity contribution is 5.91. The zero-order chi connectivity index (χ0) is 11.4. The molecule has 80 valence electrons. The van der Waals surface area contributed by atoms with E-state index in [-0.39, 0.29) is 11.2 Å². The zero-order valence-corrected chi connectivity index (χ0v) is 8.83. The number of primary amides is 1. The Morgan fingerprint density at radius 2 is 1.93 bits per heavy atom. The van der Waals surface area contributed by atoms with Gasteiger partial charge in [0.25, 0.3) is 0 Å². The quantitative estimate of drug-likeness (QED) is 0.625. The highest BCUT2D eigenvalue weighted by Crippen LogP contribution is 2.32. The maximum Gasteiger partial charge on any atom is 0.402 e. The normalized spacial score (nSPS) is 19.1. The molecule has 1 aliphatic rings. The third-order valence-electron chi connectivity index (χ3n) is 1.82. The molecule has 0 heterocycles. The predicted octanol–water partition coefficient (Wildman–Crippen LogP) is 1.94. The highest BCUT2D eigenvalue weighted by Gasteiger charge is 2.25. The lowest BCUT2D eigenvalue weighted by atomic mass is 9.77. The number of amides is 1. The lowest BCUT2D eigenvalue weighted by molar-refractivity contribution is -0.117. The van der Waals surface area contributed by atoms with Crippen molar-refractivity contribution in [2.45, 2.75) is 33.6 Å². The highest BCUT2D eigenvalue weighted by atomic mass is 16.4. The summed E-state index contributed by atoms with van der Waals surface area (Å²) in [4.78, 5) is 19.8. The summed E-state index contributed by atoms with van der Waals surface area (Å²) in [5.41, 5.74) is 5.46. The van der Waals surface area contributed by atoms with Crippen LogP contribution in [0.1, 0.15) is 33.6 Å². The van der Waals surface area contributed by atoms with E-state index in [4.69, 9.17) is 9.90 Å². The molecular formula is C10H17NO3. The number of rotatable bonds is 0. The molecule has 0 radical (unpaired) electrons. The second-order valence-corrected chi connectivity index (χ2v) is 4.31. The van der Waals surface area contributed by atoms with Crippen LogP contribution in [-0.4, -0.2) is 17.0 Å². The maximum absolute atomic E-state index is 11.0. The van der Waals surface area contributed by atoms with Crippen LogP contribution in [0.2, 0.25) is 0 Å². The molecule has 4 nitrogen and oxygen atoms in total. The molecule has 0 bridgehead atoms. The lowest BCUT2D eigenvalue weighted by Gasteiger charge is -2.27. The summed E-state index contributed by atoms with van der Waals surface area (Å²) in [7, 11) is 0. The van der Waals surface area contributed by atoms with E-state index in [0.717, 1.165) is 6.42 Å². The third-order valence-corrected chi connectivity index (χ3v) is 1.82. The van der Waals surface area contributed by atoms with Crippen LogP contribution in [0.5, 0.6) is 0 Å². The van der Waals surface area contributed by atoms with Crippen molar-refractivity contribution in [2.75, 3.05) is 0 Å². The Balaban J connectivity index is 0.000000364. The van der Waals surface area contributed by atoms with E-state index in [1.807, 2.05) is 6.92 Å². The van der Waals surface area contributed by atoms with Gasteiger partial charge < -0.3 is 10.8 Å². The number of hydrogen-bond acceptors (Lipinski definition) is 2. The smallest absolute Gasteiger partial charge is 0.402 e. The minimum Gasteiger partial charge on any atom is -0.465 e. The molecule has 0 unspecified atom stereocenters. The van der Waals surface area contributed by atoms with Gasteiger partial charge in [0.1, 0.15) is 0 Å². The minimum atomic E-state index is -1.33. The Bertz CT molecular complexity index is 263. The number of ketones is 1. The Hall–Kier alpha value is -1.32. The topological polar surface area (TPSA) is 80.4 Å². The number of carbonyl (C=O) groups excluding carboxylic acids is 1. The first kappa shape index (κ1) is 12.7. The molecule has 14 heavy (non-hydrogen) atoms. The van der Waals surface area contributed by atoms with E-state index in [9.17, 15) is 4.79 Å². The van der Waals surface area contributed by atoms with Crippen LogP contribution >= 0.6 is 0 Å². The number of carboxylic acid groups (broad SMARTS) is 1. The van der Waals surface area contributed by atoms with Gasteiger partial charge in [-0.15, -0.1) is 0 Å². The fourth-order valence-corrected chi connectivity index (χ4v) is 1.67. The largest absolute Gasteiger partial charge is 0.465 e. The summed E-state index contributed by atoms with van der Waals surface area (Å²) in [5, 5.41) is 7.19. The van der Waals surface area contributed by atoms with E-state index < -0.39 is 6.09 Å². The van der Waals surface area contributed by atoms with Crippen LogP contribution in [-0.2, 0) is 4.79 Å². The average molecular weight is 199 g/mol. The SMILES string of the molecule is CC1=CC(=O)CC(C)(C)C1.NC(=O)O. The minimum absolute atomic E-state index is 0.204. The van der Waals surface area contributed by atoms with Crippen LogP contribution in [0.25, 0.3) is 0 Å². The first-order chi connectivity index (χ1) is 6.23. The van der Waals surface area contributed by atoms with E-state index in [1.54, 1.807) is 6.08 Å². The van der Waals surface area contributed by atoms with Crippen LogP contribution in [0.3, 0.4) is 0 Å². The summed E-state index contributed by atoms with van der Waals surface area (Å²) in [6.45, 7) is 6.31. The summed E-state index contributed by atoms with van der Waals surface area (Å²) < 4.78 is 0. The van der Waals surface area contributed by atoms with Gasteiger partial charge >= 0.3 is 6.09 Å². The van der Waals surface area contributed by atoms with Gasteiger partial charge in [-0.3, -0.25) is 4.79 Å². The van der Waals surface area contributed by atoms with Crippen LogP contribution in [0.4, 0.5) is 4.79 Å². The van der Waals surface area contributed by atoms with Gasteiger partial charge in [-0.1, -0.05) is 19.4 Å². The average Bonchev–Trinajstić information content (AvgIpc) is 1.76. The predicted molar refractivity (Wildman–Crippen MR) is 54.0 cm³/mol. The number of hydrogen-bond donors (Lipinski definition) is 2. The molecule has 0 saturated carbocycles. The van der Waals surface area contributed by atoms with Gasteiger partial charge in [0.2, 0.25) is 0 Å². The summed E-state index contributed by atoms with van der Waals surface area (Å²) >= 11 is 0. The first-order valence-electron chi connectivity index (χ1n) is 4.41. The summed E-state index contributed by atoms with van der Waals surface area (Å²) in [5.74, 6) is 0.286. The van der Waals surface area contributed by atoms with Gasteiger partial charge in [-0.25, -0.2) is 4.79 Å². The molecule has 1 aliphatic carbocycles. The molecular weight excluding hydrogens is 182 g/mol. The monoisotopic (exact) mass is 199 g/mol. The zero-order valence-electron chi connectivity index (χ0n) is 8.83. The van der Waals surface area contributed by atoms with Crippen LogP contribution < -0.4 is 5.73 Å². The standard InChI is InChI=1S/C9H14O.CH3NO2/c1-7-4-8(10)6-9(2,3)5-7;2-1(3)4/h4H,5-6H2,1-3H3;2H2,(H,3,4). The second-order valence-electron chi connectivity index (χ2n) is 4.31. The van der Waals surface area contributed by atoms with Crippen molar-refractivity contribution in [1.29, 1.82) is 0 Å². The Labute approximate surface area is 83.8 Å². The van der Waals surface area contributed by atoms with Gasteiger partial charge in [-0.2, -0.15) is 0 Å². The summed E-state index contributed by atoms with van der Waals surface area (Å²) in [6.07, 6.45) is 2.22. The molecule has 0 spiro atoms. The van der Waals surface area contributed by atoms with Crippen LogP contribution in [0, 0.1) is 5.41 Å². The molecule has 3 N–H and O–H groups in total. The molecule has 0 aromatic carbocycles. The molecule has 0 saturated heterocycles. The van der Waals surface area contributed by atoms with Gasteiger partial charge in [0.15, 0.2) is 5.78 Å². The Morgan fingerprint density at radius 3 is 2.21 bits per heavy atom. The number of carbonyl (C=O) groups is 2. The molecule has 0 aliphatic heterocycles. The van der Waals surface area contributed by atoms with Gasteiger partial charge in [0.05, 0.1) is 0 Å². The van der Waals surface area contributed by atoms with E-state index >= 15 is 0 Å². The third kappa shape index (κ3) is 6.22. The molecule has 0 atom stereocenters. The Kier molecular flexibility index (Phi) is 4.34. The van der Waals surface area contributed by atoms with E-state index in [1.165, 1.54) is 5.57 Å². The molecule has 0 aromatic rings. The molecule has 0 fully saturated rings. The molecule has 4 heteroatoms. The molecule has 1 amide bonds. The van der Waals surface area contributed by atoms with Crippen molar-refractivity contribution < 1.29 is 14.7 Å².